The highest BCUT2D eigenvalue weighted by Gasteiger charge is 2.48. The van der Waals surface area contributed by atoms with Gasteiger partial charge in [0.15, 0.2) is 0 Å². The van der Waals surface area contributed by atoms with Gasteiger partial charge in [0, 0.05) is 5.41 Å². The van der Waals surface area contributed by atoms with Crippen LogP contribution in [-0.2, 0) is 5.41 Å². The first kappa shape index (κ1) is 8.23. The maximum atomic E-state index is 5.14. The number of hydrogen-bond donors (Lipinski definition) is 0. The van der Waals surface area contributed by atoms with E-state index in [0.29, 0.717) is 4.73 Å². The molecule has 0 aromatic carbocycles. The van der Waals surface area contributed by atoms with Crippen LogP contribution in [0.2, 0.25) is 0 Å². The predicted molar refractivity (Wildman–Crippen MR) is 47.8 cm³/mol. The van der Waals surface area contributed by atoms with Gasteiger partial charge in [-0.25, -0.2) is 0 Å². The van der Waals surface area contributed by atoms with Crippen LogP contribution >= 0.6 is 15.9 Å². The molecule has 1 fully saturated rings. The average molecular weight is 231 g/mol. The summed E-state index contributed by atoms with van der Waals surface area (Å²) in [6.07, 6.45) is 4.76. The van der Waals surface area contributed by atoms with E-state index >= 15 is 0 Å². The molecule has 0 radical (unpaired) electrons. The van der Waals surface area contributed by atoms with Crippen molar-refractivity contribution in [1.82, 2.24) is 10.1 Å². The zero-order valence-electron chi connectivity index (χ0n) is 7.01. The molecule has 66 valence electrons. The maximum absolute atomic E-state index is 5.14. The highest BCUT2D eigenvalue weighted by Crippen LogP contribution is 2.51. The second kappa shape index (κ2) is 2.83. The van der Waals surface area contributed by atoms with E-state index in [9.17, 15) is 0 Å². The molecule has 1 heterocycles. The Balaban J connectivity index is 2.18. The van der Waals surface area contributed by atoms with E-state index in [4.69, 9.17) is 4.52 Å². The number of halogens is 1. The molecule has 0 bridgehead atoms. The quantitative estimate of drug-likeness (QED) is 0.802. The van der Waals surface area contributed by atoms with Crippen molar-refractivity contribution in [3.05, 3.63) is 10.6 Å². The molecule has 0 unspecified atom stereocenters. The summed E-state index contributed by atoms with van der Waals surface area (Å²) in [6, 6.07) is 0. The molecule has 0 amide bonds. The Labute approximate surface area is 79.7 Å². The molecule has 1 aromatic rings. The van der Waals surface area contributed by atoms with Crippen molar-refractivity contribution in [2.24, 2.45) is 0 Å². The van der Waals surface area contributed by atoms with Gasteiger partial charge in [0.1, 0.15) is 0 Å². The fourth-order valence-electron chi connectivity index (χ4n) is 1.62. The molecule has 1 aliphatic rings. The SMILES string of the molecule is CCCC1(c2nc(Br)no2)CC1. The monoisotopic (exact) mass is 230 g/mol. The lowest BCUT2D eigenvalue weighted by Gasteiger charge is -2.05. The Morgan fingerprint density at radius 2 is 2.33 bits per heavy atom. The molecule has 3 nitrogen and oxygen atoms in total. The molecular weight excluding hydrogens is 220 g/mol. The van der Waals surface area contributed by atoms with Gasteiger partial charge in [0.2, 0.25) is 10.6 Å². The Kier molecular flexibility index (Phi) is 1.94. The van der Waals surface area contributed by atoms with E-state index in [1.165, 1.54) is 25.7 Å². The molecule has 0 spiro atoms. The Morgan fingerprint density at radius 3 is 2.75 bits per heavy atom. The normalized spacial score (nSPS) is 19.5. The highest BCUT2D eigenvalue weighted by atomic mass is 79.9. The molecule has 1 aliphatic carbocycles. The van der Waals surface area contributed by atoms with E-state index in [1.54, 1.807) is 0 Å². The van der Waals surface area contributed by atoms with Crippen LogP contribution in [0, 0.1) is 0 Å². The van der Waals surface area contributed by atoms with Gasteiger partial charge in [-0.2, -0.15) is 4.98 Å². The molecule has 2 rings (SSSR count). The second-order valence-corrected chi connectivity index (χ2v) is 4.11. The molecule has 0 N–H and O–H groups in total. The molecular formula is C8H11BrN2O. The summed E-state index contributed by atoms with van der Waals surface area (Å²) in [7, 11) is 0. The Bertz CT molecular complexity index is 280. The van der Waals surface area contributed by atoms with Gasteiger partial charge in [0.05, 0.1) is 0 Å². The zero-order chi connectivity index (χ0) is 8.60. The van der Waals surface area contributed by atoms with Crippen molar-refractivity contribution in [1.29, 1.82) is 0 Å². The standard InChI is InChI=1S/C8H11BrN2O/c1-2-3-8(4-5-8)6-10-7(9)11-12-6/h2-5H2,1H3. The summed E-state index contributed by atoms with van der Waals surface area (Å²) in [5.74, 6) is 0.816. The summed E-state index contributed by atoms with van der Waals surface area (Å²) in [6.45, 7) is 2.19. The molecule has 1 aromatic heterocycles. The van der Waals surface area contributed by atoms with Crippen molar-refractivity contribution in [2.75, 3.05) is 0 Å². The molecule has 0 aliphatic heterocycles. The number of nitrogens with zero attached hydrogens (tertiary/aromatic N) is 2. The minimum absolute atomic E-state index is 0.244. The first-order valence-corrected chi connectivity index (χ1v) is 5.06. The van der Waals surface area contributed by atoms with Crippen LogP contribution in [0.25, 0.3) is 0 Å². The third kappa shape index (κ3) is 1.28. The van der Waals surface area contributed by atoms with E-state index < -0.39 is 0 Å². The van der Waals surface area contributed by atoms with Gasteiger partial charge in [-0.1, -0.05) is 13.3 Å². The average Bonchev–Trinajstić information content (AvgIpc) is 2.69. The third-order valence-corrected chi connectivity index (χ3v) is 2.76. The van der Waals surface area contributed by atoms with Crippen LogP contribution in [0.1, 0.15) is 38.5 Å². The first-order chi connectivity index (χ1) is 5.77. The molecule has 1 saturated carbocycles. The van der Waals surface area contributed by atoms with Gasteiger partial charge in [0.25, 0.3) is 0 Å². The van der Waals surface area contributed by atoms with E-state index in [0.717, 1.165) is 5.89 Å². The van der Waals surface area contributed by atoms with Crippen molar-refractivity contribution < 1.29 is 4.52 Å². The van der Waals surface area contributed by atoms with Crippen molar-refractivity contribution in [3.63, 3.8) is 0 Å². The summed E-state index contributed by atoms with van der Waals surface area (Å²) < 4.78 is 5.71. The van der Waals surface area contributed by atoms with Gasteiger partial charge in [-0.15, -0.1) is 0 Å². The van der Waals surface area contributed by atoms with Crippen LogP contribution in [0.15, 0.2) is 9.26 Å². The summed E-state index contributed by atoms with van der Waals surface area (Å²) >= 11 is 3.19. The number of rotatable bonds is 3. The van der Waals surface area contributed by atoms with Gasteiger partial charge in [-0.05, 0) is 40.3 Å². The van der Waals surface area contributed by atoms with E-state index in [-0.39, 0.29) is 5.41 Å². The van der Waals surface area contributed by atoms with Gasteiger partial charge >= 0.3 is 0 Å². The molecule has 4 heteroatoms. The van der Waals surface area contributed by atoms with E-state index in [2.05, 4.69) is 33.0 Å². The Hall–Kier alpha value is -0.380. The van der Waals surface area contributed by atoms with Crippen molar-refractivity contribution >= 4 is 15.9 Å². The first-order valence-electron chi connectivity index (χ1n) is 4.26. The third-order valence-electron chi connectivity index (χ3n) is 2.44. The molecule has 12 heavy (non-hydrogen) atoms. The summed E-state index contributed by atoms with van der Waals surface area (Å²) in [5, 5.41) is 3.74. The minimum Gasteiger partial charge on any atom is -0.338 e. The van der Waals surface area contributed by atoms with E-state index in [1.807, 2.05) is 0 Å². The van der Waals surface area contributed by atoms with Crippen LogP contribution in [0.3, 0.4) is 0 Å². The lowest BCUT2D eigenvalue weighted by Crippen LogP contribution is -2.05. The fourth-order valence-corrected chi connectivity index (χ4v) is 1.85. The molecule has 0 atom stereocenters. The largest absolute Gasteiger partial charge is 0.338 e. The van der Waals surface area contributed by atoms with Gasteiger partial charge < -0.3 is 4.52 Å². The molecule has 0 saturated heterocycles. The zero-order valence-corrected chi connectivity index (χ0v) is 8.60. The van der Waals surface area contributed by atoms with Crippen LogP contribution in [0.5, 0.6) is 0 Å². The summed E-state index contributed by atoms with van der Waals surface area (Å²) in [4.78, 5) is 4.20. The number of aromatic nitrogens is 2. The highest BCUT2D eigenvalue weighted by molar-refractivity contribution is 9.10. The Morgan fingerprint density at radius 1 is 1.58 bits per heavy atom. The minimum atomic E-state index is 0.244. The van der Waals surface area contributed by atoms with Crippen molar-refractivity contribution in [2.45, 2.75) is 38.0 Å². The lowest BCUT2D eigenvalue weighted by atomic mass is 10.0. The smallest absolute Gasteiger partial charge is 0.238 e. The van der Waals surface area contributed by atoms with Crippen LogP contribution in [-0.4, -0.2) is 10.1 Å². The predicted octanol–water partition coefficient (Wildman–Crippen LogP) is 2.66. The van der Waals surface area contributed by atoms with Crippen LogP contribution in [0.4, 0.5) is 0 Å². The fraction of sp³-hybridized carbons (Fsp3) is 0.750. The topological polar surface area (TPSA) is 38.9 Å². The number of hydrogen-bond acceptors (Lipinski definition) is 3. The van der Waals surface area contributed by atoms with Crippen LogP contribution < -0.4 is 0 Å². The lowest BCUT2D eigenvalue weighted by molar-refractivity contribution is 0.334. The maximum Gasteiger partial charge on any atom is 0.238 e. The summed E-state index contributed by atoms with van der Waals surface area (Å²) in [5.41, 5.74) is 0.244. The van der Waals surface area contributed by atoms with Crippen molar-refractivity contribution in [3.8, 4) is 0 Å². The second-order valence-electron chi connectivity index (χ2n) is 3.40. The van der Waals surface area contributed by atoms with Gasteiger partial charge in [-0.3, -0.25) is 0 Å².